The molecule has 0 fully saturated rings. The summed E-state index contributed by atoms with van der Waals surface area (Å²) in [4.78, 5) is 1.25. The number of thioether (sulfide) groups is 1. The van der Waals surface area contributed by atoms with Gasteiger partial charge in [0.2, 0.25) is 0 Å². The van der Waals surface area contributed by atoms with E-state index in [1.807, 2.05) is 18.4 Å². The molecule has 1 aromatic heterocycles. The summed E-state index contributed by atoms with van der Waals surface area (Å²) in [5.41, 5.74) is 1.05. The van der Waals surface area contributed by atoms with E-state index in [0.717, 1.165) is 11.3 Å². The highest BCUT2D eigenvalue weighted by Gasteiger charge is 2.05. The Labute approximate surface area is 105 Å². The maximum Gasteiger partial charge on any atom is 0.0547 e. The summed E-state index contributed by atoms with van der Waals surface area (Å²) in [6.45, 7) is 2.33. The van der Waals surface area contributed by atoms with Gasteiger partial charge in [-0.25, -0.2) is 0 Å². The fraction of sp³-hybridized carbons (Fsp3) is 0.500. The predicted molar refractivity (Wildman–Crippen MR) is 70.7 cm³/mol. The van der Waals surface area contributed by atoms with Gasteiger partial charge < -0.3 is 10.2 Å². The van der Waals surface area contributed by atoms with E-state index in [-0.39, 0.29) is 18.5 Å². The van der Waals surface area contributed by atoms with Crippen molar-refractivity contribution in [3.8, 4) is 11.8 Å². The van der Waals surface area contributed by atoms with Gasteiger partial charge in [0.05, 0.1) is 13.2 Å². The standard InChI is InChI=1S/C12H16O2S2/c1-10(8-14)16-9-12-11(5-7-15-12)4-2-3-6-13/h5,7,10,13-14H,3,6,8-9H2,1H3. The fourth-order valence-electron chi connectivity index (χ4n) is 1.05. The van der Waals surface area contributed by atoms with Crippen molar-refractivity contribution < 1.29 is 10.2 Å². The molecule has 0 aliphatic rings. The van der Waals surface area contributed by atoms with Crippen LogP contribution in [0.25, 0.3) is 0 Å². The molecule has 0 saturated heterocycles. The molecule has 0 aliphatic heterocycles. The molecule has 1 aromatic rings. The molecule has 1 heterocycles. The largest absolute Gasteiger partial charge is 0.395 e. The molecule has 0 amide bonds. The van der Waals surface area contributed by atoms with Crippen molar-refractivity contribution >= 4 is 23.1 Å². The minimum atomic E-state index is 0.114. The average Bonchev–Trinajstić information content (AvgIpc) is 2.74. The van der Waals surface area contributed by atoms with Gasteiger partial charge in [-0.3, -0.25) is 0 Å². The number of hydrogen-bond acceptors (Lipinski definition) is 4. The molecule has 1 unspecified atom stereocenters. The Balaban J connectivity index is 2.54. The number of rotatable bonds is 5. The predicted octanol–water partition coefficient (Wildman–Crippen LogP) is 2.10. The quantitative estimate of drug-likeness (QED) is 0.793. The molecule has 0 aliphatic carbocycles. The molecule has 0 saturated carbocycles. The van der Waals surface area contributed by atoms with Gasteiger partial charge >= 0.3 is 0 Å². The van der Waals surface area contributed by atoms with Crippen LogP contribution in [0, 0.1) is 11.8 Å². The van der Waals surface area contributed by atoms with Crippen LogP contribution in [0.15, 0.2) is 11.4 Å². The molecule has 0 aromatic carbocycles. The van der Waals surface area contributed by atoms with Gasteiger partial charge in [0.1, 0.15) is 0 Å². The Morgan fingerprint density at radius 1 is 1.50 bits per heavy atom. The molecule has 0 bridgehead atoms. The minimum Gasteiger partial charge on any atom is -0.395 e. The zero-order valence-electron chi connectivity index (χ0n) is 9.27. The number of hydrogen-bond donors (Lipinski definition) is 2. The van der Waals surface area contributed by atoms with Crippen LogP contribution in [0.1, 0.15) is 23.8 Å². The third-order valence-corrected chi connectivity index (χ3v) is 4.24. The van der Waals surface area contributed by atoms with E-state index >= 15 is 0 Å². The number of thiophene rings is 1. The number of aliphatic hydroxyl groups excluding tert-OH is 2. The fourth-order valence-corrected chi connectivity index (χ4v) is 2.84. The van der Waals surface area contributed by atoms with Crippen molar-refractivity contribution in [2.45, 2.75) is 24.3 Å². The summed E-state index contributed by atoms with van der Waals surface area (Å²) in [5, 5.41) is 19.9. The van der Waals surface area contributed by atoms with E-state index in [0.29, 0.717) is 6.42 Å². The summed E-state index contributed by atoms with van der Waals surface area (Å²) in [6, 6.07) is 2.01. The van der Waals surface area contributed by atoms with E-state index in [4.69, 9.17) is 10.2 Å². The molecule has 1 atom stereocenters. The van der Waals surface area contributed by atoms with Gasteiger partial charge in [0, 0.05) is 27.9 Å². The molecule has 2 N–H and O–H groups in total. The second kappa shape index (κ2) is 7.75. The Hall–Kier alpha value is -0.470. The molecule has 0 radical (unpaired) electrons. The van der Waals surface area contributed by atoms with Gasteiger partial charge in [-0.1, -0.05) is 18.8 Å². The molecular weight excluding hydrogens is 240 g/mol. The Bertz CT molecular complexity index is 363. The SMILES string of the molecule is CC(CO)SCc1sccc1C#CCCO. The van der Waals surface area contributed by atoms with Crippen molar-refractivity contribution in [1.29, 1.82) is 0 Å². The van der Waals surface area contributed by atoms with E-state index in [1.165, 1.54) is 4.88 Å². The van der Waals surface area contributed by atoms with E-state index in [2.05, 4.69) is 11.8 Å². The molecule has 2 nitrogen and oxygen atoms in total. The highest BCUT2D eigenvalue weighted by atomic mass is 32.2. The molecule has 1 rings (SSSR count). The Morgan fingerprint density at radius 2 is 2.31 bits per heavy atom. The van der Waals surface area contributed by atoms with Crippen LogP contribution >= 0.6 is 23.1 Å². The first-order valence-corrected chi connectivity index (χ1v) is 7.09. The lowest BCUT2D eigenvalue weighted by Crippen LogP contribution is -2.02. The Morgan fingerprint density at radius 3 is 3.00 bits per heavy atom. The molecule has 16 heavy (non-hydrogen) atoms. The second-order valence-corrected chi connectivity index (χ2v) is 5.76. The lowest BCUT2D eigenvalue weighted by molar-refractivity contribution is 0.300. The summed E-state index contributed by atoms with van der Waals surface area (Å²) in [7, 11) is 0. The smallest absolute Gasteiger partial charge is 0.0547 e. The molecule has 0 spiro atoms. The van der Waals surface area contributed by atoms with Crippen molar-refractivity contribution in [3.05, 3.63) is 21.9 Å². The highest BCUT2D eigenvalue weighted by Crippen LogP contribution is 2.24. The summed E-state index contributed by atoms with van der Waals surface area (Å²) in [5.74, 6) is 6.88. The van der Waals surface area contributed by atoms with Crippen molar-refractivity contribution in [2.75, 3.05) is 13.2 Å². The van der Waals surface area contributed by atoms with E-state index in [1.54, 1.807) is 23.1 Å². The van der Waals surface area contributed by atoms with Gasteiger partial charge in [0.15, 0.2) is 0 Å². The van der Waals surface area contributed by atoms with Crippen LogP contribution in [0.4, 0.5) is 0 Å². The summed E-state index contributed by atoms with van der Waals surface area (Å²) >= 11 is 3.42. The van der Waals surface area contributed by atoms with Crippen molar-refractivity contribution in [1.82, 2.24) is 0 Å². The maximum atomic E-state index is 8.93. The topological polar surface area (TPSA) is 40.5 Å². The van der Waals surface area contributed by atoms with E-state index in [9.17, 15) is 0 Å². The zero-order chi connectivity index (χ0) is 11.8. The second-order valence-electron chi connectivity index (χ2n) is 3.34. The van der Waals surface area contributed by atoms with E-state index < -0.39 is 0 Å². The molecule has 4 heteroatoms. The first kappa shape index (κ1) is 13.6. The van der Waals surface area contributed by atoms with Crippen LogP contribution in [-0.2, 0) is 5.75 Å². The van der Waals surface area contributed by atoms with Crippen molar-refractivity contribution in [2.24, 2.45) is 0 Å². The summed E-state index contributed by atoms with van der Waals surface area (Å²) < 4.78 is 0. The van der Waals surface area contributed by atoms with Crippen LogP contribution < -0.4 is 0 Å². The van der Waals surface area contributed by atoms with Crippen LogP contribution in [0.2, 0.25) is 0 Å². The van der Waals surface area contributed by atoms with Crippen molar-refractivity contribution in [3.63, 3.8) is 0 Å². The zero-order valence-corrected chi connectivity index (χ0v) is 10.9. The third kappa shape index (κ3) is 4.58. The first-order valence-electron chi connectivity index (χ1n) is 5.16. The summed E-state index contributed by atoms with van der Waals surface area (Å²) in [6.07, 6.45) is 0.523. The third-order valence-electron chi connectivity index (χ3n) is 1.96. The van der Waals surface area contributed by atoms with Crippen LogP contribution in [0.5, 0.6) is 0 Å². The maximum absolute atomic E-state index is 8.93. The van der Waals surface area contributed by atoms with Gasteiger partial charge in [0.25, 0.3) is 0 Å². The van der Waals surface area contributed by atoms with Crippen LogP contribution in [0.3, 0.4) is 0 Å². The van der Waals surface area contributed by atoms with Gasteiger partial charge in [-0.2, -0.15) is 11.8 Å². The molecule has 88 valence electrons. The van der Waals surface area contributed by atoms with Crippen LogP contribution in [-0.4, -0.2) is 28.7 Å². The minimum absolute atomic E-state index is 0.114. The molecular formula is C12H16O2S2. The average molecular weight is 256 g/mol. The monoisotopic (exact) mass is 256 g/mol. The first-order chi connectivity index (χ1) is 7.77. The highest BCUT2D eigenvalue weighted by molar-refractivity contribution is 7.99. The number of aliphatic hydroxyl groups is 2. The van der Waals surface area contributed by atoms with Gasteiger partial charge in [-0.15, -0.1) is 11.3 Å². The Kier molecular flexibility index (Phi) is 6.58. The lowest BCUT2D eigenvalue weighted by atomic mass is 10.2. The lowest BCUT2D eigenvalue weighted by Gasteiger charge is -2.05. The van der Waals surface area contributed by atoms with Gasteiger partial charge in [-0.05, 0) is 11.4 Å². The normalized spacial score (nSPS) is 11.9.